The van der Waals surface area contributed by atoms with Gasteiger partial charge in [-0.2, -0.15) is 10.2 Å². The first kappa shape index (κ1) is 13.1. The Bertz CT molecular complexity index is 526. The van der Waals surface area contributed by atoms with Crippen LogP contribution in [0.15, 0.2) is 22.7 Å². The maximum Gasteiger partial charge on any atom is 0.209 e. The third-order valence-electron chi connectivity index (χ3n) is 1.85. The van der Waals surface area contributed by atoms with Crippen molar-refractivity contribution in [3.8, 4) is 11.4 Å². The number of aliphatic hydroxyl groups excluding tert-OH is 1. The average molecular weight is 282 g/mol. The van der Waals surface area contributed by atoms with Gasteiger partial charge in [-0.1, -0.05) is 23.5 Å². The predicted molar refractivity (Wildman–Crippen MR) is 68.2 cm³/mol. The van der Waals surface area contributed by atoms with Crippen molar-refractivity contribution in [2.24, 2.45) is 0 Å². The van der Waals surface area contributed by atoms with E-state index in [9.17, 15) is 0 Å². The Hall–Kier alpha value is -1.32. The van der Waals surface area contributed by atoms with Gasteiger partial charge < -0.3 is 5.11 Å². The molecule has 0 aliphatic rings. The summed E-state index contributed by atoms with van der Waals surface area (Å²) in [7, 11) is 0. The highest BCUT2D eigenvalue weighted by molar-refractivity contribution is 7.99. The lowest BCUT2D eigenvalue weighted by molar-refractivity contribution is 0.322. The summed E-state index contributed by atoms with van der Waals surface area (Å²) in [5.41, 5.74) is 1.20. The van der Waals surface area contributed by atoms with Gasteiger partial charge in [0.2, 0.25) is 10.3 Å². The number of nitrogens with zero attached hydrogens (tertiary/aromatic N) is 6. The third kappa shape index (κ3) is 3.34. The highest BCUT2D eigenvalue weighted by atomic mass is 32.2. The minimum atomic E-state index is 0.0734. The summed E-state index contributed by atoms with van der Waals surface area (Å²) < 4.78 is 0. The van der Waals surface area contributed by atoms with Crippen molar-refractivity contribution in [1.82, 2.24) is 30.4 Å². The second-order valence-corrected chi connectivity index (χ2v) is 4.86. The van der Waals surface area contributed by atoms with Crippen molar-refractivity contribution >= 4 is 23.5 Å². The van der Waals surface area contributed by atoms with E-state index in [0.29, 0.717) is 27.5 Å². The molecule has 9 heteroatoms. The number of aromatic nitrogens is 6. The number of hydrogen-bond donors (Lipinski definition) is 1. The van der Waals surface area contributed by atoms with Crippen LogP contribution in [-0.4, -0.2) is 54.1 Å². The second-order valence-electron chi connectivity index (χ2n) is 3.02. The van der Waals surface area contributed by atoms with E-state index < -0.39 is 0 Å². The molecule has 0 saturated carbocycles. The molecule has 0 amide bonds. The Balaban J connectivity index is 2.26. The Morgan fingerprint density at radius 3 is 2.28 bits per heavy atom. The molecule has 2 aromatic heterocycles. The largest absolute Gasteiger partial charge is 0.396 e. The molecule has 0 aromatic carbocycles. The number of thioether (sulfide) groups is 2. The van der Waals surface area contributed by atoms with Crippen molar-refractivity contribution in [2.45, 2.75) is 10.3 Å². The predicted octanol–water partition coefficient (Wildman–Crippen LogP) is 0.530. The molecule has 0 bridgehead atoms. The lowest BCUT2D eigenvalue weighted by atomic mass is 10.3. The lowest BCUT2D eigenvalue weighted by Gasteiger charge is -2.01. The standard InChI is InChI=1S/C9H10N6OS2/c1-17-8-12-6(4-10-14-8)7-5-11-15-9(13-7)18-3-2-16/h4-5,16H,2-3H2,1H3. The molecule has 0 saturated heterocycles. The first-order valence-corrected chi connectivity index (χ1v) is 7.22. The average Bonchev–Trinajstić information content (AvgIpc) is 2.45. The van der Waals surface area contributed by atoms with Crippen LogP contribution in [0.2, 0.25) is 0 Å². The Labute approximate surface area is 112 Å². The minimum Gasteiger partial charge on any atom is -0.396 e. The molecular weight excluding hydrogens is 272 g/mol. The maximum atomic E-state index is 8.75. The molecule has 2 aromatic rings. The van der Waals surface area contributed by atoms with Crippen molar-refractivity contribution in [3.63, 3.8) is 0 Å². The van der Waals surface area contributed by atoms with Gasteiger partial charge in [-0.3, -0.25) is 0 Å². The van der Waals surface area contributed by atoms with Crippen LogP contribution in [-0.2, 0) is 0 Å². The smallest absolute Gasteiger partial charge is 0.209 e. The Morgan fingerprint density at radius 1 is 1.06 bits per heavy atom. The number of hydrogen-bond acceptors (Lipinski definition) is 9. The normalized spacial score (nSPS) is 10.6. The quantitative estimate of drug-likeness (QED) is 0.787. The monoisotopic (exact) mass is 282 g/mol. The molecule has 0 unspecified atom stereocenters. The maximum absolute atomic E-state index is 8.75. The van der Waals surface area contributed by atoms with Crippen molar-refractivity contribution < 1.29 is 5.11 Å². The molecule has 94 valence electrons. The van der Waals surface area contributed by atoms with Crippen LogP contribution in [0.3, 0.4) is 0 Å². The summed E-state index contributed by atoms with van der Waals surface area (Å²) in [5, 5.41) is 25.3. The van der Waals surface area contributed by atoms with Gasteiger partial charge in [0.15, 0.2) is 0 Å². The van der Waals surface area contributed by atoms with Crippen LogP contribution >= 0.6 is 23.5 Å². The summed E-state index contributed by atoms with van der Waals surface area (Å²) in [6.07, 6.45) is 4.93. The molecule has 0 atom stereocenters. The van der Waals surface area contributed by atoms with E-state index in [-0.39, 0.29) is 6.61 Å². The van der Waals surface area contributed by atoms with E-state index >= 15 is 0 Å². The van der Waals surface area contributed by atoms with Gasteiger partial charge in [-0.05, 0) is 6.26 Å². The van der Waals surface area contributed by atoms with E-state index in [4.69, 9.17) is 5.11 Å². The van der Waals surface area contributed by atoms with Crippen LogP contribution in [0.5, 0.6) is 0 Å². The van der Waals surface area contributed by atoms with Crippen LogP contribution in [0.25, 0.3) is 11.4 Å². The molecule has 2 rings (SSSR count). The number of rotatable bonds is 5. The van der Waals surface area contributed by atoms with Crippen LogP contribution in [0, 0.1) is 0 Å². The summed E-state index contributed by atoms with van der Waals surface area (Å²) >= 11 is 2.74. The fourth-order valence-corrected chi connectivity index (χ4v) is 1.97. The van der Waals surface area contributed by atoms with Crippen molar-refractivity contribution in [2.75, 3.05) is 18.6 Å². The first-order chi connectivity index (χ1) is 8.83. The Morgan fingerprint density at radius 2 is 1.67 bits per heavy atom. The highest BCUT2D eigenvalue weighted by Crippen LogP contribution is 2.18. The summed E-state index contributed by atoms with van der Waals surface area (Å²) in [5.74, 6) is 0.531. The van der Waals surface area contributed by atoms with Gasteiger partial charge >= 0.3 is 0 Å². The van der Waals surface area contributed by atoms with E-state index in [1.54, 1.807) is 0 Å². The topological polar surface area (TPSA) is 97.6 Å². The summed E-state index contributed by atoms with van der Waals surface area (Å²) in [4.78, 5) is 8.58. The van der Waals surface area contributed by atoms with Gasteiger partial charge in [0.25, 0.3) is 0 Å². The van der Waals surface area contributed by atoms with Crippen molar-refractivity contribution in [3.05, 3.63) is 12.4 Å². The SMILES string of the molecule is CSc1nncc(-c2cnnc(SCCO)n2)n1. The van der Waals surface area contributed by atoms with Gasteiger partial charge in [0, 0.05) is 5.75 Å². The highest BCUT2D eigenvalue weighted by Gasteiger charge is 2.07. The molecule has 18 heavy (non-hydrogen) atoms. The van der Waals surface area contributed by atoms with E-state index in [1.807, 2.05) is 6.26 Å². The zero-order valence-corrected chi connectivity index (χ0v) is 11.1. The number of aliphatic hydroxyl groups is 1. The minimum absolute atomic E-state index is 0.0734. The van der Waals surface area contributed by atoms with Gasteiger partial charge in [0.05, 0.1) is 19.0 Å². The zero-order chi connectivity index (χ0) is 12.8. The van der Waals surface area contributed by atoms with Gasteiger partial charge in [0.1, 0.15) is 11.4 Å². The van der Waals surface area contributed by atoms with Gasteiger partial charge in [-0.25, -0.2) is 9.97 Å². The van der Waals surface area contributed by atoms with Gasteiger partial charge in [-0.15, -0.1) is 10.2 Å². The summed E-state index contributed by atoms with van der Waals surface area (Å²) in [6.45, 7) is 0.0734. The molecule has 2 heterocycles. The molecule has 0 aliphatic carbocycles. The second kappa shape index (κ2) is 6.57. The fraction of sp³-hybridized carbons (Fsp3) is 0.333. The van der Waals surface area contributed by atoms with Crippen LogP contribution in [0.4, 0.5) is 0 Å². The van der Waals surface area contributed by atoms with E-state index in [0.717, 1.165) is 0 Å². The van der Waals surface area contributed by atoms with Crippen LogP contribution in [0.1, 0.15) is 0 Å². The molecule has 7 nitrogen and oxygen atoms in total. The van der Waals surface area contributed by atoms with Crippen molar-refractivity contribution in [1.29, 1.82) is 0 Å². The summed E-state index contributed by atoms with van der Waals surface area (Å²) in [6, 6.07) is 0. The Kier molecular flexibility index (Phi) is 4.79. The molecular formula is C9H10N6OS2. The molecule has 0 radical (unpaired) electrons. The van der Waals surface area contributed by atoms with E-state index in [2.05, 4.69) is 30.4 Å². The molecule has 1 N–H and O–H groups in total. The van der Waals surface area contributed by atoms with Crippen LogP contribution < -0.4 is 0 Å². The lowest BCUT2D eigenvalue weighted by Crippen LogP contribution is -1.99. The molecule has 0 aliphatic heterocycles. The molecule has 0 fully saturated rings. The third-order valence-corrected chi connectivity index (χ3v) is 3.20. The molecule has 0 spiro atoms. The zero-order valence-electron chi connectivity index (χ0n) is 9.52. The fourth-order valence-electron chi connectivity index (χ4n) is 1.11. The van der Waals surface area contributed by atoms with E-state index in [1.165, 1.54) is 35.9 Å². The first-order valence-electron chi connectivity index (χ1n) is 5.01.